The van der Waals surface area contributed by atoms with E-state index >= 15 is 0 Å². The molecule has 0 saturated carbocycles. The minimum Gasteiger partial charge on any atom is -0.508 e. The lowest BCUT2D eigenvalue weighted by Crippen LogP contribution is -2.26. The molecule has 0 radical (unpaired) electrons. The van der Waals surface area contributed by atoms with E-state index in [1.54, 1.807) is 6.07 Å². The molecule has 29 heavy (non-hydrogen) atoms. The summed E-state index contributed by atoms with van der Waals surface area (Å²) < 4.78 is 5.90. The molecule has 0 heterocycles. The number of phenols is 2. The minimum atomic E-state index is 0.190. The van der Waals surface area contributed by atoms with Crippen LogP contribution in [0.5, 0.6) is 17.2 Å². The molecule has 0 fully saturated rings. The molecular weight excluding hydrogens is 360 g/mol. The van der Waals surface area contributed by atoms with Gasteiger partial charge in [0, 0.05) is 5.92 Å². The Hall–Kier alpha value is -2.94. The molecule has 0 unspecified atom stereocenters. The Bertz CT molecular complexity index is 1060. The Labute approximate surface area is 171 Å². The van der Waals surface area contributed by atoms with Crippen molar-refractivity contribution in [2.75, 3.05) is 6.61 Å². The van der Waals surface area contributed by atoms with Crippen LogP contribution in [0.25, 0.3) is 0 Å². The van der Waals surface area contributed by atoms with Crippen LogP contribution >= 0.6 is 0 Å². The van der Waals surface area contributed by atoms with Crippen molar-refractivity contribution in [2.45, 2.75) is 38.0 Å². The third-order valence-electron chi connectivity index (χ3n) is 6.52. The summed E-state index contributed by atoms with van der Waals surface area (Å²) in [4.78, 5) is 0. The first-order valence-electron chi connectivity index (χ1n) is 10.5. The fourth-order valence-electron chi connectivity index (χ4n) is 5.34. The van der Waals surface area contributed by atoms with E-state index in [9.17, 15) is 10.2 Å². The van der Waals surface area contributed by atoms with E-state index in [0.29, 0.717) is 29.9 Å². The molecule has 0 amide bonds. The Balaban J connectivity index is 1.62. The van der Waals surface area contributed by atoms with Gasteiger partial charge >= 0.3 is 0 Å². The van der Waals surface area contributed by atoms with Gasteiger partial charge < -0.3 is 14.9 Å². The topological polar surface area (TPSA) is 49.7 Å². The van der Waals surface area contributed by atoms with Gasteiger partial charge in [0.05, 0.1) is 6.61 Å². The highest BCUT2D eigenvalue weighted by Crippen LogP contribution is 2.54. The number of rotatable bonds is 4. The van der Waals surface area contributed by atoms with Crippen molar-refractivity contribution >= 4 is 0 Å². The van der Waals surface area contributed by atoms with Gasteiger partial charge in [-0.2, -0.15) is 0 Å². The highest BCUT2D eigenvalue weighted by molar-refractivity contribution is 5.52. The van der Waals surface area contributed by atoms with Gasteiger partial charge in [0.2, 0.25) is 0 Å². The zero-order valence-electron chi connectivity index (χ0n) is 16.6. The molecule has 2 aliphatic carbocycles. The summed E-state index contributed by atoms with van der Waals surface area (Å²) >= 11 is 0. The molecule has 3 heteroatoms. The first-order chi connectivity index (χ1) is 14.1. The number of benzene rings is 3. The summed E-state index contributed by atoms with van der Waals surface area (Å²) in [5.74, 6) is 2.58. The average Bonchev–Trinajstić information content (AvgIpc) is 3.07. The zero-order chi connectivity index (χ0) is 20.0. The van der Waals surface area contributed by atoms with Gasteiger partial charge in [-0.25, -0.2) is 0 Å². The molecule has 0 aromatic heterocycles. The van der Waals surface area contributed by atoms with Crippen LogP contribution in [0, 0.1) is 5.92 Å². The number of hydrogen-bond acceptors (Lipinski definition) is 3. The van der Waals surface area contributed by atoms with Crippen molar-refractivity contribution in [3.05, 3.63) is 88.5 Å². The molecule has 5 rings (SSSR count). The predicted octanol–water partition coefficient (Wildman–Crippen LogP) is 5.53. The van der Waals surface area contributed by atoms with E-state index < -0.39 is 0 Å². The van der Waals surface area contributed by atoms with E-state index in [4.69, 9.17) is 4.74 Å². The summed E-state index contributed by atoms with van der Waals surface area (Å²) in [6.45, 7) is 2.82. The van der Waals surface area contributed by atoms with Crippen LogP contribution in [0.3, 0.4) is 0 Å². The SMILES string of the molecule is CCCOc1cccc([C@H]2c3cc(O)ccc3C[C@H]3c4ccc(O)cc4C[C@@H]23)c1. The molecule has 2 aliphatic rings. The van der Waals surface area contributed by atoms with E-state index in [2.05, 4.69) is 37.3 Å². The lowest BCUT2D eigenvalue weighted by molar-refractivity contribution is 0.316. The van der Waals surface area contributed by atoms with Crippen molar-refractivity contribution in [1.29, 1.82) is 0 Å². The first-order valence-corrected chi connectivity index (χ1v) is 10.5. The number of hydrogen-bond donors (Lipinski definition) is 2. The maximum atomic E-state index is 10.2. The number of phenolic OH excluding ortho intramolecular Hbond substituents is 2. The van der Waals surface area contributed by atoms with Crippen molar-refractivity contribution in [2.24, 2.45) is 5.92 Å². The summed E-state index contributed by atoms with van der Waals surface area (Å²) in [5, 5.41) is 20.2. The first kappa shape index (κ1) is 18.1. The van der Waals surface area contributed by atoms with Crippen LogP contribution in [0.2, 0.25) is 0 Å². The van der Waals surface area contributed by atoms with E-state index in [0.717, 1.165) is 25.0 Å². The lowest BCUT2D eigenvalue weighted by atomic mass is 9.67. The van der Waals surface area contributed by atoms with Crippen LogP contribution in [0.1, 0.15) is 53.0 Å². The van der Waals surface area contributed by atoms with Gasteiger partial charge in [0.25, 0.3) is 0 Å². The molecule has 0 bridgehead atoms. The van der Waals surface area contributed by atoms with Gasteiger partial charge in [0.1, 0.15) is 17.2 Å². The normalized spacial score (nSPS) is 21.9. The molecule has 3 atom stereocenters. The average molecular weight is 386 g/mol. The highest BCUT2D eigenvalue weighted by atomic mass is 16.5. The third kappa shape index (κ3) is 3.15. The van der Waals surface area contributed by atoms with Gasteiger partial charge in [-0.3, -0.25) is 0 Å². The second-order valence-corrected chi connectivity index (χ2v) is 8.34. The van der Waals surface area contributed by atoms with E-state index in [-0.39, 0.29) is 5.92 Å². The molecule has 3 nitrogen and oxygen atoms in total. The maximum absolute atomic E-state index is 10.2. The third-order valence-corrected chi connectivity index (χ3v) is 6.52. The van der Waals surface area contributed by atoms with Crippen LogP contribution in [-0.4, -0.2) is 16.8 Å². The van der Waals surface area contributed by atoms with Crippen molar-refractivity contribution in [1.82, 2.24) is 0 Å². The Kier molecular flexibility index (Phi) is 4.46. The zero-order valence-corrected chi connectivity index (χ0v) is 16.6. The van der Waals surface area contributed by atoms with Crippen LogP contribution in [0.15, 0.2) is 60.7 Å². The second-order valence-electron chi connectivity index (χ2n) is 8.34. The highest BCUT2D eigenvalue weighted by Gasteiger charge is 2.43. The van der Waals surface area contributed by atoms with Gasteiger partial charge in [-0.15, -0.1) is 0 Å². The van der Waals surface area contributed by atoms with Crippen molar-refractivity contribution in [3.63, 3.8) is 0 Å². The van der Waals surface area contributed by atoms with Crippen LogP contribution in [-0.2, 0) is 12.8 Å². The predicted molar refractivity (Wildman–Crippen MR) is 114 cm³/mol. The molecule has 0 aliphatic heterocycles. The monoisotopic (exact) mass is 386 g/mol. The minimum absolute atomic E-state index is 0.190. The maximum Gasteiger partial charge on any atom is 0.119 e. The fraction of sp³-hybridized carbons (Fsp3) is 0.308. The quantitative estimate of drug-likeness (QED) is 0.620. The lowest BCUT2D eigenvalue weighted by Gasteiger charge is -2.37. The molecule has 0 spiro atoms. The summed E-state index contributed by atoms with van der Waals surface area (Å²) in [6.07, 6.45) is 2.89. The van der Waals surface area contributed by atoms with E-state index in [1.165, 1.54) is 27.8 Å². The summed E-state index contributed by atoms with van der Waals surface area (Å²) in [5.41, 5.74) is 6.36. The largest absolute Gasteiger partial charge is 0.508 e. The summed E-state index contributed by atoms with van der Waals surface area (Å²) in [6, 6.07) is 20.1. The molecular formula is C26H26O3. The van der Waals surface area contributed by atoms with E-state index in [1.807, 2.05) is 24.3 Å². The smallest absolute Gasteiger partial charge is 0.119 e. The number of fused-ring (bicyclic) bond motifs is 4. The standard InChI is InChI=1S/C26H26O3/c1-2-10-29-21-5-3-4-17(12-21)26-23-15-20(28)7-6-16(23)13-24-22-9-8-19(27)11-18(22)14-25(24)26/h3-9,11-12,15,24-28H,2,10,13-14H2,1H3/t24-,25+,26-/m0/s1. The Morgan fingerprint density at radius 1 is 0.862 bits per heavy atom. The molecule has 148 valence electrons. The molecule has 3 aromatic carbocycles. The Morgan fingerprint density at radius 2 is 1.69 bits per heavy atom. The fourth-order valence-corrected chi connectivity index (χ4v) is 5.34. The van der Waals surface area contributed by atoms with Crippen molar-refractivity contribution in [3.8, 4) is 17.2 Å². The molecule has 3 aromatic rings. The molecule has 0 saturated heterocycles. The van der Waals surface area contributed by atoms with Crippen LogP contribution < -0.4 is 4.74 Å². The van der Waals surface area contributed by atoms with Gasteiger partial charge in [-0.05, 0) is 95.3 Å². The number of ether oxygens (including phenoxy) is 1. The van der Waals surface area contributed by atoms with Gasteiger partial charge in [-0.1, -0.05) is 31.2 Å². The summed E-state index contributed by atoms with van der Waals surface area (Å²) in [7, 11) is 0. The number of aromatic hydroxyl groups is 2. The molecule has 2 N–H and O–H groups in total. The second kappa shape index (κ2) is 7.14. The Morgan fingerprint density at radius 3 is 2.55 bits per heavy atom. The van der Waals surface area contributed by atoms with Crippen LogP contribution in [0.4, 0.5) is 0 Å². The van der Waals surface area contributed by atoms with Crippen molar-refractivity contribution < 1.29 is 14.9 Å². The van der Waals surface area contributed by atoms with Gasteiger partial charge in [0.15, 0.2) is 0 Å².